The van der Waals surface area contributed by atoms with Crippen molar-refractivity contribution < 1.29 is 9.47 Å². The third kappa shape index (κ3) is 3.49. The van der Waals surface area contributed by atoms with Crippen molar-refractivity contribution in [3.63, 3.8) is 0 Å². The molecule has 1 heterocycles. The lowest BCUT2D eigenvalue weighted by Crippen LogP contribution is -2.19. The second-order valence-corrected chi connectivity index (χ2v) is 10.2. The minimum atomic E-state index is -1.32. The second-order valence-electron chi connectivity index (χ2n) is 5.22. The molecule has 1 aliphatic rings. The molecule has 0 aliphatic carbocycles. The first-order chi connectivity index (χ1) is 8.04. The van der Waals surface area contributed by atoms with Crippen molar-refractivity contribution >= 4 is 8.07 Å². The van der Waals surface area contributed by atoms with E-state index in [0.29, 0.717) is 5.95 Å². The van der Waals surface area contributed by atoms with Crippen LogP contribution in [0.5, 0.6) is 0 Å². The first kappa shape index (κ1) is 12.0. The van der Waals surface area contributed by atoms with Gasteiger partial charge in [-0.15, -0.1) is 0 Å². The SMILES string of the molecule is C[Si](C)(C)C=C1OC=CC(c2ccccc2)O1. The Morgan fingerprint density at radius 1 is 1.12 bits per heavy atom. The van der Waals surface area contributed by atoms with Crippen LogP contribution in [0.25, 0.3) is 0 Å². The van der Waals surface area contributed by atoms with Gasteiger partial charge in [-0.2, -0.15) is 0 Å². The van der Waals surface area contributed by atoms with Crippen molar-refractivity contribution in [2.24, 2.45) is 0 Å². The molecule has 0 fully saturated rings. The largest absolute Gasteiger partial charge is 0.453 e. The molecule has 0 radical (unpaired) electrons. The van der Waals surface area contributed by atoms with Gasteiger partial charge in [-0.25, -0.2) is 0 Å². The molecule has 0 spiro atoms. The van der Waals surface area contributed by atoms with Crippen LogP contribution in [0.4, 0.5) is 0 Å². The van der Waals surface area contributed by atoms with Crippen LogP contribution in [-0.4, -0.2) is 8.07 Å². The molecule has 1 atom stereocenters. The zero-order valence-corrected chi connectivity index (χ0v) is 11.5. The monoisotopic (exact) mass is 246 g/mol. The van der Waals surface area contributed by atoms with Crippen LogP contribution in [0.1, 0.15) is 11.7 Å². The van der Waals surface area contributed by atoms with Crippen LogP contribution in [-0.2, 0) is 9.47 Å². The quantitative estimate of drug-likeness (QED) is 0.734. The molecule has 0 saturated heterocycles. The molecule has 2 nitrogen and oxygen atoms in total. The van der Waals surface area contributed by atoms with Gasteiger partial charge in [0.1, 0.15) is 6.10 Å². The lowest BCUT2D eigenvalue weighted by atomic mass is 10.1. The molecule has 1 aliphatic heterocycles. The van der Waals surface area contributed by atoms with Crippen molar-refractivity contribution in [2.45, 2.75) is 25.7 Å². The summed E-state index contributed by atoms with van der Waals surface area (Å²) in [7, 11) is -1.32. The van der Waals surface area contributed by atoms with Gasteiger partial charge in [-0.3, -0.25) is 0 Å². The van der Waals surface area contributed by atoms with Crippen molar-refractivity contribution in [1.82, 2.24) is 0 Å². The molecule has 1 aromatic carbocycles. The fraction of sp³-hybridized carbons (Fsp3) is 0.286. The lowest BCUT2D eigenvalue weighted by Gasteiger charge is -2.23. The van der Waals surface area contributed by atoms with Crippen molar-refractivity contribution in [3.8, 4) is 0 Å². The van der Waals surface area contributed by atoms with Gasteiger partial charge in [0.05, 0.1) is 14.3 Å². The predicted octanol–water partition coefficient (Wildman–Crippen LogP) is 4.01. The van der Waals surface area contributed by atoms with Crippen molar-refractivity contribution in [1.29, 1.82) is 0 Å². The van der Waals surface area contributed by atoms with E-state index in [-0.39, 0.29) is 6.10 Å². The maximum absolute atomic E-state index is 5.84. The van der Waals surface area contributed by atoms with Crippen LogP contribution in [0.3, 0.4) is 0 Å². The molecule has 1 unspecified atom stereocenters. The minimum absolute atomic E-state index is 0.0347. The van der Waals surface area contributed by atoms with Crippen LogP contribution < -0.4 is 0 Å². The fourth-order valence-electron chi connectivity index (χ4n) is 1.61. The molecular formula is C14H18O2Si. The number of ether oxygens (including phenoxy) is 2. The average Bonchev–Trinajstić information content (AvgIpc) is 2.28. The molecule has 0 saturated carbocycles. The van der Waals surface area contributed by atoms with E-state index in [1.807, 2.05) is 24.3 Å². The summed E-state index contributed by atoms with van der Waals surface area (Å²) in [6, 6.07) is 10.2. The molecule has 0 N–H and O–H groups in total. The molecular weight excluding hydrogens is 228 g/mol. The summed E-state index contributed by atoms with van der Waals surface area (Å²) in [5, 5.41) is 0. The second kappa shape index (κ2) is 4.80. The summed E-state index contributed by atoms with van der Waals surface area (Å²) in [5.41, 5.74) is 3.28. The van der Waals surface area contributed by atoms with Gasteiger partial charge in [0, 0.05) is 0 Å². The Bertz CT molecular complexity index is 429. The highest BCUT2D eigenvalue weighted by atomic mass is 28.3. The zero-order valence-electron chi connectivity index (χ0n) is 10.5. The van der Waals surface area contributed by atoms with Crippen LogP contribution >= 0.6 is 0 Å². The topological polar surface area (TPSA) is 18.5 Å². The Kier molecular flexibility index (Phi) is 3.38. The maximum atomic E-state index is 5.84. The Balaban J connectivity index is 2.16. The van der Waals surface area contributed by atoms with Gasteiger partial charge in [-0.1, -0.05) is 50.0 Å². The number of hydrogen-bond acceptors (Lipinski definition) is 2. The number of hydrogen-bond donors (Lipinski definition) is 0. The highest BCUT2D eigenvalue weighted by Gasteiger charge is 2.19. The summed E-state index contributed by atoms with van der Waals surface area (Å²) in [6.45, 7) is 6.76. The third-order valence-electron chi connectivity index (χ3n) is 2.36. The molecule has 0 aromatic heterocycles. The molecule has 2 rings (SSSR count). The first-order valence-electron chi connectivity index (χ1n) is 5.82. The molecule has 0 bridgehead atoms. The smallest absolute Gasteiger partial charge is 0.276 e. The van der Waals surface area contributed by atoms with E-state index >= 15 is 0 Å². The Morgan fingerprint density at radius 3 is 2.47 bits per heavy atom. The van der Waals surface area contributed by atoms with E-state index in [9.17, 15) is 0 Å². The molecule has 90 valence electrons. The van der Waals surface area contributed by atoms with Crippen LogP contribution in [0.2, 0.25) is 19.6 Å². The highest BCUT2D eigenvalue weighted by Crippen LogP contribution is 2.27. The van der Waals surface area contributed by atoms with E-state index in [4.69, 9.17) is 9.47 Å². The first-order valence-corrected chi connectivity index (χ1v) is 9.40. The molecule has 1 aromatic rings. The summed E-state index contributed by atoms with van der Waals surface area (Å²) >= 11 is 0. The Labute approximate surface area is 104 Å². The van der Waals surface area contributed by atoms with Gasteiger partial charge >= 0.3 is 0 Å². The van der Waals surface area contributed by atoms with E-state index in [1.165, 1.54) is 0 Å². The van der Waals surface area contributed by atoms with Gasteiger partial charge in [0.15, 0.2) is 0 Å². The molecule has 17 heavy (non-hydrogen) atoms. The van der Waals surface area contributed by atoms with Gasteiger partial charge in [-0.05, 0) is 17.3 Å². The van der Waals surface area contributed by atoms with Crippen molar-refractivity contribution in [3.05, 3.63) is 59.9 Å². The van der Waals surface area contributed by atoms with Gasteiger partial charge in [0.25, 0.3) is 5.95 Å². The van der Waals surface area contributed by atoms with E-state index in [0.717, 1.165) is 5.56 Å². The average molecular weight is 246 g/mol. The highest BCUT2D eigenvalue weighted by molar-refractivity contribution is 6.81. The predicted molar refractivity (Wildman–Crippen MR) is 71.9 cm³/mol. The fourth-order valence-corrected chi connectivity index (χ4v) is 2.46. The maximum Gasteiger partial charge on any atom is 0.276 e. The van der Waals surface area contributed by atoms with Gasteiger partial charge < -0.3 is 9.47 Å². The third-order valence-corrected chi connectivity index (χ3v) is 3.46. The summed E-state index contributed by atoms with van der Waals surface area (Å²) in [4.78, 5) is 0. The molecule has 3 heteroatoms. The van der Waals surface area contributed by atoms with E-state index in [1.54, 1.807) is 6.26 Å². The summed E-state index contributed by atoms with van der Waals surface area (Å²) in [6.07, 6.45) is 3.61. The van der Waals surface area contributed by atoms with Crippen LogP contribution in [0, 0.1) is 0 Å². The summed E-state index contributed by atoms with van der Waals surface area (Å²) in [5.74, 6) is 0.639. The van der Waals surface area contributed by atoms with Crippen molar-refractivity contribution in [2.75, 3.05) is 0 Å². The number of rotatable bonds is 2. The lowest BCUT2D eigenvalue weighted by molar-refractivity contribution is 0.0275. The Hall–Kier alpha value is -1.48. The van der Waals surface area contributed by atoms with E-state index in [2.05, 4.69) is 37.5 Å². The van der Waals surface area contributed by atoms with E-state index < -0.39 is 8.07 Å². The normalized spacial score (nSPS) is 22.1. The number of benzene rings is 1. The van der Waals surface area contributed by atoms with Crippen LogP contribution in [0.15, 0.2) is 54.3 Å². The summed E-state index contributed by atoms with van der Waals surface area (Å²) < 4.78 is 11.2. The minimum Gasteiger partial charge on any atom is -0.453 e. The molecule has 0 amide bonds. The standard InChI is InChI=1S/C14H18O2Si/c1-17(2,3)11-14-15-10-9-13(16-14)12-7-5-4-6-8-12/h4-11,13H,1-3H3. The van der Waals surface area contributed by atoms with Gasteiger partial charge in [0.2, 0.25) is 0 Å². The Morgan fingerprint density at radius 2 is 1.82 bits per heavy atom. The zero-order chi connectivity index (χ0) is 12.3.